The second-order valence-electron chi connectivity index (χ2n) is 10.5. The number of anilines is 1. The summed E-state index contributed by atoms with van der Waals surface area (Å²) in [6, 6.07) is 14.6. The fourth-order valence-corrected chi connectivity index (χ4v) is 6.02. The highest BCUT2D eigenvalue weighted by molar-refractivity contribution is 5.91. The van der Waals surface area contributed by atoms with Gasteiger partial charge in [-0.25, -0.2) is 13.8 Å². The Balaban J connectivity index is 1.24. The lowest BCUT2D eigenvalue weighted by atomic mass is 9.84. The number of rotatable bonds is 6. The van der Waals surface area contributed by atoms with Gasteiger partial charge in [-0.3, -0.25) is 4.79 Å². The van der Waals surface area contributed by atoms with Crippen molar-refractivity contribution >= 4 is 22.6 Å². The first-order valence-electron chi connectivity index (χ1n) is 13.6. The number of hydrogen-bond donors (Lipinski definition) is 1. The average molecular weight is 501 g/mol. The first-order chi connectivity index (χ1) is 18.2. The van der Waals surface area contributed by atoms with E-state index >= 15 is 4.39 Å². The molecule has 4 aromatic rings. The minimum Gasteiger partial charge on any atom is -0.324 e. The third-order valence-electron chi connectivity index (χ3n) is 7.98. The maximum atomic E-state index is 15.5. The molecule has 0 unspecified atom stereocenters. The number of halogens is 1. The first-order valence-corrected chi connectivity index (χ1v) is 13.6. The van der Waals surface area contributed by atoms with Crippen molar-refractivity contribution in [3.05, 3.63) is 65.7 Å². The van der Waals surface area contributed by atoms with Crippen LogP contribution in [0.3, 0.4) is 0 Å². The fraction of sp³-hybridized carbons (Fsp3) is 0.448. The highest BCUT2D eigenvalue weighted by Gasteiger charge is 2.26. The van der Waals surface area contributed by atoms with Crippen molar-refractivity contribution in [3.63, 3.8) is 0 Å². The molecule has 2 aromatic heterocycles. The molecule has 0 radical (unpaired) electrons. The van der Waals surface area contributed by atoms with Crippen LogP contribution < -0.4 is 5.32 Å². The van der Waals surface area contributed by atoms with Crippen LogP contribution in [0, 0.1) is 5.82 Å². The highest BCUT2D eigenvalue weighted by atomic mass is 19.1. The number of hydrogen-bond acceptors (Lipinski definition) is 4. The molecule has 8 heteroatoms. The molecule has 6 rings (SSSR count). The summed E-state index contributed by atoms with van der Waals surface area (Å²) in [4.78, 5) is 12.7. The van der Waals surface area contributed by atoms with E-state index in [4.69, 9.17) is 5.10 Å². The van der Waals surface area contributed by atoms with Crippen LogP contribution in [0.15, 0.2) is 48.5 Å². The third-order valence-corrected chi connectivity index (χ3v) is 7.98. The molecule has 2 saturated carbocycles. The van der Waals surface area contributed by atoms with Crippen LogP contribution in [0.4, 0.5) is 10.1 Å². The first kappa shape index (κ1) is 23.8. The van der Waals surface area contributed by atoms with Gasteiger partial charge >= 0.3 is 0 Å². The number of aromatic nitrogens is 5. The van der Waals surface area contributed by atoms with E-state index in [1.54, 1.807) is 16.8 Å². The summed E-state index contributed by atoms with van der Waals surface area (Å²) in [6.45, 7) is -0.000380. The van der Waals surface area contributed by atoms with E-state index in [2.05, 4.69) is 21.7 Å². The summed E-state index contributed by atoms with van der Waals surface area (Å²) in [5.41, 5.74) is 4.61. The van der Waals surface area contributed by atoms with Crippen LogP contribution in [-0.2, 0) is 11.3 Å². The van der Waals surface area contributed by atoms with E-state index in [1.807, 2.05) is 28.9 Å². The lowest BCUT2D eigenvalue weighted by Crippen LogP contribution is -2.20. The molecule has 0 atom stereocenters. The maximum absolute atomic E-state index is 15.5. The van der Waals surface area contributed by atoms with Crippen molar-refractivity contribution < 1.29 is 9.18 Å². The molecule has 0 aliphatic heterocycles. The summed E-state index contributed by atoms with van der Waals surface area (Å²) in [6.07, 6.45) is 12.0. The molecule has 2 aliphatic carbocycles. The molecule has 37 heavy (non-hydrogen) atoms. The van der Waals surface area contributed by atoms with Crippen molar-refractivity contribution in [2.75, 3.05) is 5.32 Å². The van der Waals surface area contributed by atoms with Gasteiger partial charge in [-0.15, -0.1) is 5.10 Å². The highest BCUT2D eigenvalue weighted by Crippen LogP contribution is 2.38. The lowest BCUT2D eigenvalue weighted by Gasteiger charge is -2.22. The molecule has 2 aliphatic rings. The van der Waals surface area contributed by atoms with E-state index in [-0.39, 0.29) is 18.3 Å². The second-order valence-corrected chi connectivity index (χ2v) is 10.5. The van der Waals surface area contributed by atoms with Crippen LogP contribution in [0.1, 0.15) is 87.4 Å². The molecule has 1 amide bonds. The van der Waals surface area contributed by atoms with Gasteiger partial charge in [-0.2, -0.15) is 5.10 Å². The number of nitrogens with one attached hydrogen (secondary N) is 1. The standard InChI is InChI=1S/C29H33FN6O/c30-23-17-22(31-29(37)19-35-27-14-8-7-13-24(27)32-34-35)15-16-26(23)36-28(21-11-5-2-6-12-21)18-25(33-36)20-9-3-1-4-10-20/h7-8,13-18,20-21H,1-6,9-12,19H2,(H,31,37). The zero-order valence-corrected chi connectivity index (χ0v) is 21.1. The molecule has 0 bridgehead atoms. The Bertz CT molecular complexity index is 1400. The number of carbonyl (C=O) groups is 1. The van der Waals surface area contributed by atoms with Crippen LogP contribution in [-0.4, -0.2) is 30.7 Å². The predicted molar refractivity (Wildman–Crippen MR) is 141 cm³/mol. The van der Waals surface area contributed by atoms with Crippen molar-refractivity contribution in [1.82, 2.24) is 24.8 Å². The van der Waals surface area contributed by atoms with Gasteiger partial charge in [-0.05, 0) is 62.1 Å². The van der Waals surface area contributed by atoms with Gasteiger partial charge in [0, 0.05) is 23.2 Å². The van der Waals surface area contributed by atoms with Crippen LogP contribution in [0.2, 0.25) is 0 Å². The molecule has 7 nitrogen and oxygen atoms in total. The number of benzene rings is 2. The number of fused-ring (bicyclic) bond motifs is 1. The Labute approximate surface area is 216 Å². The lowest BCUT2D eigenvalue weighted by molar-refractivity contribution is -0.116. The Hall–Kier alpha value is -3.55. The average Bonchev–Trinajstić information content (AvgIpc) is 3.55. The Morgan fingerprint density at radius 1 is 0.919 bits per heavy atom. The largest absolute Gasteiger partial charge is 0.324 e. The monoisotopic (exact) mass is 500 g/mol. The molecule has 2 aromatic carbocycles. The van der Waals surface area contributed by atoms with Gasteiger partial charge in [0.2, 0.25) is 5.91 Å². The molecule has 2 heterocycles. The van der Waals surface area contributed by atoms with E-state index in [0.29, 0.717) is 23.2 Å². The Kier molecular flexibility index (Phi) is 6.72. The zero-order valence-electron chi connectivity index (χ0n) is 21.1. The number of nitrogens with zero attached hydrogens (tertiary/aromatic N) is 5. The summed E-state index contributed by atoms with van der Waals surface area (Å²) in [7, 11) is 0. The molecule has 0 saturated heterocycles. The van der Waals surface area contributed by atoms with Crippen LogP contribution in [0.25, 0.3) is 16.7 Å². The van der Waals surface area contributed by atoms with E-state index in [9.17, 15) is 4.79 Å². The summed E-state index contributed by atoms with van der Waals surface area (Å²) >= 11 is 0. The van der Waals surface area contributed by atoms with Gasteiger partial charge < -0.3 is 5.32 Å². The maximum Gasteiger partial charge on any atom is 0.246 e. The molecule has 0 spiro atoms. The summed E-state index contributed by atoms with van der Waals surface area (Å²) in [5.74, 6) is 0.199. The van der Waals surface area contributed by atoms with E-state index < -0.39 is 0 Å². The minimum atomic E-state index is -0.389. The third kappa shape index (κ3) is 5.02. The molecule has 2 fully saturated rings. The predicted octanol–water partition coefficient (Wildman–Crippen LogP) is 6.49. The van der Waals surface area contributed by atoms with Gasteiger partial charge in [0.1, 0.15) is 17.7 Å². The smallest absolute Gasteiger partial charge is 0.246 e. The number of carbonyl (C=O) groups excluding carboxylic acids is 1. The normalized spacial score (nSPS) is 17.3. The molecular formula is C29H33FN6O. The van der Waals surface area contributed by atoms with Crippen LogP contribution >= 0.6 is 0 Å². The van der Waals surface area contributed by atoms with E-state index in [1.165, 1.54) is 44.6 Å². The minimum absolute atomic E-state index is 0.000380. The molecular weight excluding hydrogens is 467 g/mol. The zero-order chi connectivity index (χ0) is 25.2. The van der Waals surface area contributed by atoms with Gasteiger partial charge in [-0.1, -0.05) is 55.9 Å². The number of amides is 1. The quantitative estimate of drug-likeness (QED) is 0.328. The number of para-hydroxylation sites is 1. The Morgan fingerprint density at radius 3 is 2.41 bits per heavy atom. The second kappa shape index (κ2) is 10.4. The van der Waals surface area contributed by atoms with E-state index in [0.717, 1.165) is 48.1 Å². The van der Waals surface area contributed by atoms with Crippen molar-refractivity contribution in [2.24, 2.45) is 0 Å². The van der Waals surface area contributed by atoms with Gasteiger partial charge in [0.25, 0.3) is 0 Å². The SMILES string of the molecule is O=C(Cn1nnc2ccccc21)Nc1ccc(-n2nc(C3CCCCC3)cc2C2CCCCC2)c(F)c1. The van der Waals surface area contributed by atoms with Crippen molar-refractivity contribution in [1.29, 1.82) is 0 Å². The summed E-state index contributed by atoms with van der Waals surface area (Å²) in [5, 5.41) is 15.9. The molecule has 192 valence electrons. The van der Waals surface area contributed by atoms with Crippen LogP contribution in [0.5, 0.6) is 0 Å². The van der Waals surface area contributed by atoms with Crippen molar-refractivity contribution in [2.45, 2.75) is 82.6 Å². The van der Waals surface area contributed by atoms with Gasteiger partial charge in [0.15, 0.2) is 5.82 Å². The molecule has 1 N–H and O–H groups in total. The topological polar surface area (TPSA) is 77.6 Å². The Morgan fingerprint density at radius 2 is 1.65 bits per heavy atom. The summed E-state index contributed by atoms with van der Waals surface area (Å²) < 4.78 is 18.9. The van der Waals surface area contributed by atoms with Crippen molar-refractivity contribution in [3.8, 4) is 5.69 Å². The van der Waals surface area contributed by atoms with Gasteiger partial charge in [0.05, 0.1) is 11.2 Å². The fourth-order valence-electron chi connectivity index (χ4n) is 6.02.